The van der Waals surface area contributed by atoms with Gasteiger partial charge >= 0.3 is 0 Å². The summed E-state index contributed by atoms with van der Waals surface area (Å²) in [7, 11) is 0. The van der Waals surface area contributed by atoms with E-state index in [1.165, 1.54) is 23.6 Å². The van der Waals surface area contributed by atoms with E-state index in [2.05, 4.69) is 20.5 Å². The van der Waals surface area contributed by atoms with Crippen molar-refractivity contribution in [3.05, 3.63) is 47.5 Å². The molecular formula is C17H22FN5O. The smallest absolute Gasteiger partial charge is 0.273 e. The van der Waals surface area contributed by atoms with Crippen molar-refractivity contribution in [2.75, 3.05) is 26.2 Å². The molecule has 0 radical (unpaired) electrons. The second-order valence-corrected chi connectivity index (χ2v) is 6.09. The van der Waals surface area contributed by atoms with Gasteiger partial charge in [-0.1, -0.05) is 23.4 Å². The van der Waals surface area contributed by atoms with Gasteiger partial charge in [0.2, 0.25) is 0 Å². The zero-order valence-electron chi connectivity index (χ0n) is 13.8. The molecule has 1 amide bonds. The fourth-order valence-electron chi connectivity index (χ4n) is 2.95. The van der Waals surface area contributed by atoms with Crippen LogP contribution in [0.5, 0.6) is 0 Å². The molecular weight excluding hydrogens is 309 g/mol. The van der Waals surface area contributed by atoms with Gasteiger partial charge in [0.05, 0.1) is 12.2 Å². The molecule has 1 aliphatic heterocycles. The molecule has 128 valence electrons. The highest BCUT2D eigenvalue weighted by molar-refractivity contribution is 5.91. The highest BCUT2D eigenvalue weighted by Crippen LogP contribution is 2.19. The number of benzene rings is 1. The van der Waals surface area contributed by atoms with Crippen LogP contribution in [0.25, 0.3) is 0 Å². The van der Waals surface area contributed by atoms with Crippen molar-refractivity contribution in [2.45, 2.75) is 25.8 Å². The van der Waals surface area contributed by atoms with Gasteiger partial charge in [0.15, 0.2) is 5.69 Å². The van der Waals surface area contributed by atoms with Crippen LogP contribution >= 0.6 is 0 Å². The molecule has 2 heterocycles. The van der Waals surface area contributed by atoms with Gasteiger partial charge in [-0.05, 0) is 38.9 Å². The Labute approximate surface area is 140 Å². The maximum Gasteiger partial charge on any atom is 0.273 e. The summed E-state index contributed by atoms with van der Waals surface area (Å²) < 4.78 is 15.4. The predicted octanol–water partition coefficient (Wildman–Crippen LogP) is 1.85. The normalized spacial score (nSPS) is 16.2. The molecule has 0 aliphatic carbocycles. The Morgan fingerprint density at radius 2 is 2.08 bits per heavy atom. The van der Waals surface area contributed by atoms with Crippen LogP contribution in [0, 0.1) is 5.82 Å². The summed E-state index contributed by atoms with van der Waals surface area (Å²) in [6, 6.07) is 6.21. The summed E-state index contributed by atoms with van der Waals surface area (Å²) in [4.78, 5) is 14.5. The number of rotatable bonds is 6. The molecule has 2 aromatic rings. The van der Waals surface area contributed by atoms with E-state index in [0.29, 0.717) is 12.1 Å². The van der Waals surface area contributed by atoms with Gasteiger partial charge in [-0.15, -0.1) is 5.10 Å². The van der Waals surface area contributed by atoms with Gasteiger partial charge < -0.3 is 10.2 Å². The summed E-state index contributed by atoms with van der Waals surface area (Å²) in [5.74, 6) is -0.543. The largest absolute Gasteiger partial charge is 0.349 e. The summed E-state index contributed by atoms with van der Waals surface area (Å²) >= 11 is 0. The Morgan fingerprint density at radius 1 is 1.33 bits per heavy atom. The topological polar surface area (TPSA) is 63.1 Å². The first-order chi connectivity index (χ1) is 11.6. The number of carbonyl (C=O) groups excluding carboxylic acids is 1. The highest BCUT2D eigenvalue weighted by Gasteiger charge is 2.17. The van der Waals surface area contributed by atoms with E-state index in [0.717, 1.165) is 19.6 Å². The van der Waals surface area contributed by atoms with E-state index in [4.69, 9.17) is 0 Å². The lowest BCUT2D eigenvalue weighted by molar-refractivity contribution is 0.0944. The van der Waals surface area contributed by atoms with E-state index < -0.39 is 0 Å². The number of amides is 1. The number of nitrogens with one attached hydrogen (secondary N) is 1. The van der Waals surface area contributed by atoms with Crippen molar-refractivity contribution in [3.63, 3.8) is 0 Å². The lowest BCUT2D eigenvalue weighted by Crippen LogP contribution is -2.33. The van der Waals surface area contributed by atoms with Crippen LogP contribution in [0.4, 0.5) is 4.39 Å². The van der Waals surface area contributed by atoms with Crippen LogP contribution in [-0.4, -0.2) is 52.0 Å². The number of halogens is 1. The standard InChI is InChI=1S/C17H22FN5O/c1-13(14-6-2-3-7-15(14)18)23-12-16(20-21-23)17(24)19-8-11-22-9-4-5-10-22/h2-3,6-7,12-13H,4-5,8-11H2,1H3,(H,19,24)/t13-/m0/s1. The number of hydrogen-bond acceptors (Lipinski definition) is 4. The Hall–Kier alpha value is -2.28. The van der Waals surface area contributed by atoms with E-state index in [9.17, 15) is 9.18 Å². The zero-order chi connectivity index (χ0) is 16.9. The monoisotopic (exact) mass is 331 g/mol. The van der Waals surface area contributed by atoms with Crippen molar-refractivity contribution in [2.24, 2.45) is 0 Å². The molecule has 0 spiro atoms. The Morgan fingerprint density at radius 3 is 2.83 bits per heavy atom. The lowest BCUT2D eigenvalue weighted by Gasteiger charge is -2.14. The van der Waals surface area contributed by atoms with E-state index in [1.807, 2.05) is 6.92 Å². The number of carbonyl (C=O) groups is 1. The van der Waals surface area contributed by atoms with Crippen LogP contribution in [0.2, 0.25) is 0 Å². The summed E-state index contributed by atoms with van der Waals surface area (Å²) in [6.45, 7) is 5.47. The number of nitrogens with zero attached hydrogens (tertiary/aromatic N) is 4. The molecule has 1 N–H and O–H groups in total. The van der Waals surface area contributed by atoms with Crippen LogP contribution < -0.4 is 5.32 Å². The van der Waals surface area contributed by atoms with Crippen LogP contribution in [0.3, 0.4) is 0 Å². The SMILES string of the molecule is C[C@@H](c1ccccc1F)n1cc(C(=O)NCCN2CCCC2)nn1. The minimum atomic E-state index is -0.329. The number of hydrogen-bond donors (Lipinski definition) is 1. The van der Waals surface area contributed by atoms with Gasteiger partial charge in [0, 0.05) is 18.7 Å². The predicted molar refractivity (Wildman–Crippen MR) is 88.2 cm³/mol. The average Bonchev–Trinajstić information content (AvgIpc) is 3.26. The molecule has 1 atom stereocenters. The van der Waals surface area contributed by atoms with E-state index in [1.54, 1.807) is 24.4 Å². The second-order valence-electron chi connectivity index (χ2n) is 6.09. The molecule has 1 aromatic heterocycles. The lowest BCUT2D eigenvalue weighted by atomic mass is 10.1. The third-order valence-electron chi connectivity index (χ3n) is 4.41. The molecule has 3 rings (SSSR count). The van der Waals surface area contributed by atoms with Crippen molar-refractivity contribution in [1.82, 2.24) is 25.2 Å². The molecule has 1 fully saturated rings. The van der Waals surface area contributed by atoms with Gasteiger partial charge in [0.1, 0.15) is 5.82 Å². The fourth-order valence-corrected chi connectivity index (χ4v) is 2.95. The summed E-state index contributed by atoms with van der Waals surface area (Å²) in [5.41, 5.74) is 0.767. The third-order valence-corrected chi connectivity index (χ3v) is 4.41. The molecule has 1 aromatic carbocycles. The minimum Gasteiger partial charge on any atom is -0.349 e. The summed E-state index contributed by atoms with van der Waals surface area (Å²) in [6.07, 6.45) is 4.02. The Balaban J connectivity index is 1.58. The van der Waals surface area contributed by atoms with Crippen LogP contribution in [0.1, 0.15) is 41.9 Å². The van der Waals surface area contributed by atoms with Crippen LogP contribution in [-0.2, 0) is 0 Å². The fraction of sp³-hybridized carbons (Fsp3) is 0.471. The Bertz CT molecular complexity index is 696. The van der Waals surface area contributed by atoms with Crippen molar-refractivity contribution in [1.29, 1.82) is 0 Å². The molecule has 1 aliphatic rings. The van der Waals surface area contributed by atoms with Gasteiger partial charge in [-0.3, -0.25) is 4.79 Å². The van der Waals surface area contributed by atoms with Gasteiger partial charge in [0.25, 0.3) is 5.91 Å². The first-order valence-corrected chi connectivity index (χ1v) is 8.32. The van der Waals surface area contributed by atoms with Crippen molar-refractivity contribution >= 4 is 5.91 Å². The minimum absolute atomic E-state index is 0.249. The van der Waals surface area contributed by atoms with Gasteiger partial charge in [-0.2, -0.15) is 0 Å². The molecule has 7 heteroatoms. The van der Waals surface area contributed by atoms with Crippen LogP contribution in [0.15, 0.2) is 30.5 Å². The third kappa shape index (κ3) is 3.79. The van der Waals surface area contributed by atoms with Crippen molar-refractivity contribution < 1.29 is 9.18 Å². The molecule has 0 unspecified atom stereocenters. The maximum absolute atomic E-state index is 13.9. The van der Waals surface area contributed by atoms with E-state index in [-0.39, 0.29) is 23.5 Å². The first-order valence-electron chi connectivity index (χ1n) is 8.32. The molecule has 24 heavy (non-hydrogen) atoms. The summed E-state index contributed by atoms with van der Waals surface area (Å²) in [5, 5.41) is 10.7. The molecule has 6 nitrogen and oxygen atoms in total. The van der Waals surface area contributed by atoms with Gasteiger partial charge in [-0.25, -0.2) is 9.07 Å². The Kier molecular flexibility index (Phi) is 5.20. The zero-order valence-corrected chi connectivity index (χ0v) is 13.8. The van der Waals surface area contributed by atoms with E-state index >= 15 is 0 Å². The quantitative estimate of drug-likeness (QED) is 0.877. The first kappa shape index (κ1) is 16.6. The van der Waals surface area contributed by atoms with Crippen molar-refractivity contribution in [3.8, 4) is 0 Å². The average molecular weight is 331 g/mol. The second kappa shape index (κ2) is 7.53. The number of aromatic nitrogens is 3. The maximum atomic E-state index is 13.9. The number of likely N-dealkylation sites (tertiary alicyclic amines) is 1. The molecule has 1 saturated heterocycles. The molecule has 0 bridgehead atoms. The highest BCUT2D eigenvalue weighted by atomic mass is 19.1. The molecule has 0 saturated carbocycles.